The molecule has 27 heavy (non-hydrogen) atoms. The van der Waals surface area contributed by atoms with Gasteiger partial charge in [0.25, 0.3) is 11.1 Å². The van der Waals surface area contributed by atoms with Crippen LogP contribution in [0.15, 0.2) is 39.7 Å². The molecule has 1 saturated heterocycles. The minimum absolute atomic E-state index is 0.0839. The number of nitrogens with one attached hydrogen (secondary N) is 1. The van der Waals surface area contributed by atoms with Crippen LogP contribution < -0.4 is 14.8 Å². The van der Waals surface area contributed by atoms with E-state index in [0.29, 0.717) is 27.7 Å². The summed E-state index contributed by atoms with van der Waals surface area (Å²) in [6.07, 6.45) is 1.59. The molecule has 1 aliphatic rings. The van der Waals surface area contributed by atoms with E-state index in [-0.39, 0.29) is 12.4 Å². The maximum atomic E-state index is 11.6. The van der Waals surface area contributed by atoms with Crippen LogP contribution in [0.3, 0.4) is 0 Å². The molecule has 0 aliphatic carbocycles. The second kappa shape index (κ2) is 8.00. The van der Waals surface area contributed by atoms with Gasteiger partial charge in [0.2, 0.25) is 5.76 Å². The van der Waals surface area contributed by atoms with Crippen molar-refractivity contribution < 1.29 is 33.0 Å². The van der Waals surface area contributed by atoms with Crippen molar-refractivity contribution in [1.82, 2.24) is 5.32 Å². The molecular formula is C18H15NO7S. The van der Waals surface area contributed by atoms with Crippen LogP contribution in [0.4, 0.5) is 4.79 Å². The molecule has 2 heterocycles. The highest BCUT2D eigenvalue weighted by molar-refractivity contribution is 8.18. The van der Waals surface area contributed by atoms with Crippen LogP contribution in [0.5, 0.6) is 11.5 Å². The Hall–Kier alpha value is -3.20. The summed E-state index contributed by atoms with van der Waals surface area (Å²) in [5.74, 6) is 0.439. The van der Waals surface area contributed by atoms with Crippen LogP contribution >= 0.6 is 11.8 Å². The van der Waals surface area contributed by atoms with Crippen LogP contribution in [0.1, 0.15) is 21.9 Å². The molecule has 1 aliphatic heterocycles. The Morgan fingerprint density at radius 1 is 1.19 bits per heavy atom. The van der Waals surface area contributed by atoms with E-state index in [9.17, 15) is 14.4 Å². The van der Waals surface area contributed by atoms with Crippen LogP contribution in [0, 0.1) is 0 Å². The SMILES string of the molecule is COC(=O)c1ccc(COc2ccc(C=C3SC(=O)NC3=O)cc2OC)o1. The number of hydrogen-bond donors (Lipinski definition) is 1. The number of methoxy groups -OCH3 is 2. The summed E-state index contributed by atoms with van der Waals surface area (Å²) in [4.78, 5) is 34.5. The second-order valence-corrected chi connectivity index (χ2v) is 6.32. The highest BCUT2D eigenvalue weighted by Crippen LogP contribution is 2.32. The van der Waals surface area contributed by atoms with Gasteiger partial charge in [0, 0.05) is 0 Å². The topological polar surface area (TPSA) is 104 Å². The average Bonchev–Trinajstić information content (AvgIpc) is 3.26. The van der Waals surface area contributed by atoms with E-state index in [2.05, 4.69) is 10.1 Å². The minimum atomic E-state index is -0.566. The fraction of sp³-hybridized carbons (Fsp3) is 0.167. The molecular weight excluding hydrogens is 374 g/mol. The number of ether oxygens (including phenoxy) is 3. The van der Waals surface area contributed by atoms with Gasteiger partial charge in [-0.25, -0.2) is 4.79 Å². The summed E-state index contributed by atoms with van der Waals surface area (Å²) in [6.45, 7) is 0.0839. The van der Waals surface area contributed by atoms with Gasteiger partial charge < -0.3 is 18.6 Å². The van der Waals surface area contributed by atoms with Gasteiger partial charge in [0.05, 0.1) is 19.1 Å². The Bertz CT molecular complexity index is 932. The number of carbonyl (C=O) groups excluding carboxylic acids is 3. The van der Waals surface area contributed by atoms with Crippen LogP contribution in [0.2, 0.25) is 0 Å². The molecule has 1 aromatic heterocycles. The van der Waals surface area contributed by atoms with E-state index in [4.69, 9.17) is 13.9 Å². The lowest BCUT2D eigenvalue weighted by Gasteiger charge is -2.10. The van der Waals surface area contributed by atoms with Crippen LogP contribution in [-0.4, -0.2) is 31.3 Å². The van der Waals surface area contributed by atoms with Crippen molar-refractivity contribution in [2.75, 3.05) is 14.2 Å². The van der Waals surface area contributed by atoms with E-state index in [1.165, 1.54) is 20.3 Å². The fourth-order valence-electron chi connectivity index (χ4n) is 2.28. The molecule has 0 atom stereocenters. The fourth-order valence-corrected chi connectivity index (χ4v) is 2.96. The van der Waals surface area contributed by atoms with Gasteiger partial charge in [0.1, 0.15) is 12.4 Å². The molecule has 1 N–H and O–H groups in total. The van der Waals surface area contributed by atoms with Crippen molar-refractivity contribution in [2.45, 2.75) is 6.61 Å². The molecule has 1 aromatic carbocycles. The number of imide groups is 1. The zero-order valence-corrected chi connectivity index (χ0v) is 15.3. The Kier molecular flexibility index (Phi) is 5.51. The van der Waals surface area contributed by atoms with Crippen LogP contribution in [0.25, 0.3) is 6.08 Å². The summed E-state index contributed by atoms with van der Waals surface area (Å²) in [5.41, 5.74) is 0.678. The van der Waals surface area contributed by atoms with Crippen molar-refractivity contribution in [2.24, 2.45) is 0 Å². The first-order chi connectivity index (χ1) is 13.0. The Balaban J connectivity index is 1.72. The van der Waals surface area contributed by atoms with Crippen molar-refractivity contribution in [1.29, 1.82) is 0 Å². The number of hydrogen-bond acceptors (Lipinski definition) is 8. The van der Waals surface area contributed by atoms with E-state index in [1.807, 2.05) is 0 Å². The predicted octanol–water partition coefficient (Wildman–Crippen LogP) is 2.98. The highest BCUT2D eigenvalue weighted by Gasteiger charge is 2.25. The number of furan rings is 1. The summed E-state index contributed by atoms with van der Waals surface area (Å²) in [6, 6.07) is 8.20. The standard InChI is InChI=1S/C18H15NO7S/c1-23-14-7-10(8-15-16(20)19-18(22)27-15)3-5-12(14)25-9-11-4-6-13(26-11)17(21)24-2/h3-8H,9H2,1-2H3,(H,19,20,22). The first-order valence-corrected chi connectivity index (χ1v) is 8.54. The molecule has 0 unspecified atom stereocenters. The molecule has 1 fully saturated rings. The molecule has 0 spiro atoms. The third-order valence-corrected chi connectivity index (χ3v) is 4.36. The summed E-state index contributed by atoms with van der Waals surface area (Å²) >= 11 is 0.839. The van der Waals surface area contributed by atoms with Crippen molar-refractivity contribution in [3.8, 4) is 11.5 Å². The van der Waals surface area contributed by atoms with Gasteiger partial charge in [0.15, 0.2) is 11.5 Å². The number of esters is 1. The van der Waals surface area contributed by atoms with E-state index in [1.54, 1.807) is 30.3 Å². The largest absolute Gasteiger partial charge is 0.493 e. The number of thioether (sulfide) groups is 1. The normalized spacial score (nSPS) is 15.0. The lowest BCUT2D eigenvalue weighted by molar-refractivity contribution is -0.115. The monoisotopic (exact) mass is 389 g/mol. The van der Waals surface area contributed by atoms with E-state index in [0.717, 1.165) is 11.8 Å². The lowest BCUT2D eigenvalue weighted by Crippen LogP contribution is -2.17. The number of carbonyl (C=O) groups is 3. The van der Waals surface area contributed by atoms with Gasteiger partial charge in [-0.15, -0.1) is 0 Å². The molecule has 9 heteroatoms. The van der Waals surface area contributed by atoms with Gasteiger partial charge in [-0.1, -0.05) is 6.07 Å². The van der Waals surface area contributed by atoms with Crippen molar-refractivity contribution in [3.63, 3.8) is 0 Å². The summed E-state index contributed by atoms with van der Waals surface area (Å²) in [5, 5.41) is 1.80. The number of benzene rings is 1. The average molecular weight is 389 g/mol. The van der Waals surface area contributed by atoms with Gasteiger partial charge in [-0.05, 0) is 47.7 Å². The molecule has 0 saturated carbocycles. The Labute approximate surface area is 158 Å². The molecule has 0 radical (unpaired) electrons. The predicted molar refractivity (Wildman–Crippen MR) is 96.5 cm³/mol. The molecule has 2 aromatic rings. The Morgan fingerprint density at radius 2 is 2.00 bits per heavy atom. The zero-order chi connectivity index (χ0) is 19.4. The third-order valence-electron chi connectivity index (χ3n) is 3.55. The summed E-state index contributed by atoms with van der Waals surface area (Å²) < 4.78 is 20.9. The highest BCUT2D eigenvalue weighted by atomic mass is 32.2. The first-order valence-electron chi connectivity index (χ1n) is 7.73. The lowest BCUT2D eigenvalue weighted by atomic mass is 10.2. The van der Waals surface area contributed by atoms with E-state index >= 15 is 0 Å². The molecule has 2 amide bonds. The van der Waals surface area contributed by atoms with Gasteiger partial charge in [-0.3, -0.25) is 14.9 Å². The second-order valence-electron chi connectivity index (χ2n) is 5.31. The summed E-state index contributed by atoms with van der Waals surface area (Å²) in [7, 11) is 2.76. The number of rotatable bonds is 6. The van der Waals surface area contributed by atoms with Crippen molar-refractivity contribution >= 4 is 35.0 Å². The quantitative estimate of drug-likeness (QED) is 0.594. The molecule has 8 nitrogen and oxygen atoms in total. The van der Waals surface area contributed by atoms with E-state index < -0.39 is 17.1 Å². The van der Waals surface area contributed by atoms with Gasteiger partial charge >= 0.3 is 5.97 Å². The Morgan fingerprint density at radius 3 is 2.67 bits per heavy atom. The maximum absolute atomic E-state index is 11.6. The maximum Gasteiger partial charge on any atom is 0.373 e. The first kappa shape index (κ1) is 18.6. The van der Waals surface area contributed by atoms with Gasteiger partial charge in [-0.2, -0.15) is 0 Å². The third kappa shape index (κ3) is 4.32. The van der Waals surface area contributed by atoms with Crippen LogP contribution in [-0.2, 0) is 16.1 Å². The van der Waals surface area contributed by atoms with Crippen molar-refractivity contribution in [3.05, 3.63) is 52.3 Å². The minimum Gasteiger partial charge on any atom is -0.493 e. The molecule has 140 valence electrons. The molecule has 0 bridgehead atoms. The zero-order valence-electron chi connectivity index (χ0n) is 14.4. The number of amides is 2. The molecule has 3 rings (SSSR count). The smallest absolute Gasteiger partial charge is 0.373 e.